The molecule has 2 N–H and O–H groups in total. The Balaban J connectivity index is 3.32. The van der Waals surface area contributed by atoms with E-state index < -0.39 is 9.84 Å². The Hall–Kier alpha value is -1.21. The van der Waals surface area contributed by atoms with Crippen LogP contribution in [0.1, 0.15) is 5.69 Å². The fourth-order valence-corrected chi connectivity index (χ4v) is 1.43. The summed E-state index contributed by atoms with van der Waals surface area (Å²) in [4.78, 5) is 7.56. The Labute approximate surface area is 82.0 Å². The van der Waals surface area contributed by atoms with E-state index in [9.17, 15) is 8.42 Å². The minimum Gasteiger partial charge on any atom is -0.467 e. The number of aromatic nitrogens is 2. The van der Waals surface area contributed by atoms with E-state index in [1.807, 2.05) is 0 Å². The first kappa shape index (κ1) is 10.9. The second-order valence-corrected chi connectivity index (χ2v) is 4.62. The quantitative estimate of drug-likeness (QED) is 0.676. The molecule has 0 aliphatic heterocycles. The van der Waals surface area contributed by atoms with Gasteiger partial charge < -0.3 is 10.5 Å². The van der Waals surface area contributed by atoms with E-state index >= 15 is 0 Å². The Kier molecular flexibility index (Phi) is 3.02. The van der Waals surface area contributed by atoms with Crippen LogP contribution in [0.2, 0.25) is 0 Å². The van der Waals surface area contributed by atoms with Gasteiger partial charge in [-0.25, -0.2) is 8.42 Å². The van der Waals surface area contributed by atoms with E-state index in [0.717, 1.165) is 6.26 Å². The minimum absolute atomic E-state index is 0.00775. The Morgan fingerprint density at radius 1 is 1.50 bits per heavy atom. The zero-order valence-electron chi connectivity index (χ0n) is 7.89. The molecule has 0 aromatic carbocycles. The molecule has 0 aliphatic rings. The largest absolute Gasteiger partial charge is 0.467 e. The molecule has 1 aromatic rings. The summed E-state index contributed by atoms with van der Waals surface area (Å²) in [7, 11) is -1.99. The molecule has 0 radical (unpaired) electrons. The molecule has 1 heterocycles. The topological polar surface area (TPSA) is 95.2 Å². The van der Waals surface area contributed by atoms with Crippen LogP contribution in [0.3, 0.4) is 0 Å². The molecule has 0 atom stereocenters. The molecule has 0 spiro atoms. The van der Waals surface area contributed by atoms with Gasteiger partial charge in [0.2, 0.25) is 0 Å². The summed E-state index contributed by atoms with van der Waals surface area (Å²) in [6.45, 7) is 0.140. The Morgan fingerprint density at radius 3 is 2.57 bits per heavy atom. The summed E-state index contributed by atoms with van der Waals surface area (Å²) >= 11 is 0. The van der Waals surface area contributed by atoms with E-state index in [-0.39, 0.29) is 17.6 Å². The van der Waals surface area contributed by atoms with Crippen molar-refractivity contribution in [3.8, 4) is 6.01 Å². The van der Waals surface area contributed by atoms with Gasteiger partial charge in [0.15, 0.2) is 14.9 Å². The second-order valence-electron chi connectivity index (χ2n) is 2.66. The third-order valence-corrected chi connectivity index (χ3v) is 2.48. The molecule has 0 fully saturated rings. The van der Waals surface area contributed by atoms with E-state index in [0.29, 0.717) is 5.69 Å². The van der Waals surface area contributed by atoms with Gasteiger partial charge in [0.05, 0.1) is 12.8 Å². The lowest BCUT2D eigenvalue weighted by Gasteiger charge is -2.03. The highest BCUT2D eigenvalue weighted by Gasteiger charge is 2.12. The van der Waals surface area contributed by atoms with Crippen molar-refractivity contribution in [1.29, 1.82) is 0 Å². The highest BCUT2D eigenvalue weighted by molar-refractivity contribution is 7.90. The van der Waals surface area contributed by atoms with Gasteiger partial charge in [-0.3, -0.25) is 0 Å². The zero-order chi connectivity index (χ0) is 10.8. The lowest BCUT2D eigenvalue weighted by atomic mass is 10.4. The van der Waals surface area contributed by atoms with Crippen LogP contribution < -0.4 is 10.5 Å². The van der Waals surface area contributed by atoms with Gasteiger partial charge in [-0.15, -0.1) is 0 Å². The first-order valence-electron chi connectivity index (χ1n) is 3.79. The molecular formula is C7H11N3O3S. The number of rotatable bonds is 3. The van der Waals surface area contributed by atoms with Gasteiger partial charge in [0.1, 0.15) is 0 Å². The fourth-order valence-electron chi connectivity index (χ4n) is 0.835. The number of ether oxygens (including phenoxy) is 1. The van der Waals surface area contributed by atoms with Crippen molar-refractivity contribution in [2.75, 3.05) is 13.4 Å². The molecule has 78 valence electrons. The van der Waals surface area contributed by atoms with Crippen molar-refractivity contribution in [2.45, 2.75) is 11.6 Å². The van der Waals surface area contributed by atoms with Crippen LogP contribution >= 0.6 is 0 Å². The molecule has 0 amide bonds. The van der Waals surface area contributed by atoms with E-state index in [1.54, 1.807) is 0 Å². The lowest BCUT2D eigenvalue weighted by molar-refractivity contribution is 0.373. The summed E-state index contributed by atoms with van der Waals surface area (Å²) in [5, 5.41) is -0.0789. The summed E-state index contributed by atoms with van der Waals surface area (Å²) in [6, 6.07) is 1.34. The highest BCUT2D eigenvalue weighted by atomic mass is 32.2. The smallest absolute Gasteiger partial charge is 0.317 e. The summed E-state index contributed by atoms with van der Waals surface area (Å²) in [5.41, 5.74) is 5.77. The van der Waals surface area contributed by atoms with Gasteiger partial charge in [-0.05, 0) is 6.07 Å². The number of nitrogens with zero attached hydrogens (tertiary/aromatic N) is 2. The predicted octanol–water partition coefficient (Wildman–Crippen LogP) is -0.653. The molecule has 0 aliphatic carbocycles. The first-order chi connectivity index (χ1) is 6.47. The van der Waals surface area contributed by atoms with E-state index in [1.165, 1.54) is 13.2 Å². The third-order valence-electron chi connectivity index (χ3n) is 1.51. The normalized spacial score (nSPS) is 11.4. The lowest BCUT2D eigenvalue weighted by Crippen LogP contribution is -2.08. The molecule has 6 nitrogen and oxygen atoms in total. The maximum Gasteiger partial charge on any atom is 0.317 e. The van der Waals surface area contributed by atoms with Gasteiger partial charge in [0, 0.05) is 12.8 Å². The average molecular weight is 217 g/mol. The van der Waals surface area contributed by atoms with Crippen molar-refractivity contribution in [1.82, 2.24) is 9.97 Å². The molecule has 1 rings (SSSR count). The number of hydrogen-bond donors (Lipinski definition) is 1. The van der Waals surface area contributed by atoms with Gasteiger partial charge in [0.25, 0.3) is 0 Å². The van der Waals surface area contributed by atoms with Crippen LogP contribution in [-0.4, -0.2) is 31.8 Å². The average Bonchev–Trinajstić information content (AvgIpc) is 2.15. The van der Waals surface area contributed by atoms with Gasteiger partial charge in [-0.2, -0.15) is 9.97 Å². The molecule has 7 heteroatoms. The second kappa shape index (κ2) is 3.89. The predicted molar refractivity (Wildman–Crippen MR) is 49.6 cm³/mol. The maximum atomic E-state index is 11.2. The SMILES string of the molecule is COc1nc(CN)cc(S(C)(=O)=O)n1. The Morgan fingerprint density at radius 2 is 2.14 bits per heavy atom. The number of methoxy groups -OCH3 is 1. The van der Waals surface area contributed by atoms with E-state index in [4.69, 9.17) is 10.5 Å². The van der Waals surface area contributed by atoms with Crippen molar-refractivity contribution in [3.05, 3.63) is 11.8 Å². The minimum atomic E-state index is -3.35. The molecule has 0 unspecified atom stereocenters. The monoisotopic (exact) mass is 217 g/mol. The standard InChI is InChI=1S/C7H11N3O3S/c1-13-7-9-5(4-8)3-6(10-7)14(2,11)12/h3H,4,8H2,1-2H3. The van der Waals surface area contributed by atoms with Crippen molar-refractivity contribution in [3.63, 3.8) is 0 Å². The molecule has 0 saturated carbocycles. The number of nitrogens with two attached hydrogens (primary N) is 1. The molecule has 1 aromatic heterocycles. The van der Waals surface area contributed by atoms with Crippen molar-refractivity contribution >= 4 is 9.84 Å². The third kappa shape index (κ3) is 2.39. The summed E-state index contributed by atoms with van der Waals surface area (Å²) < 4.78 is 27.1. The van der Waals surface area contributed by atoms with Gasteiger partial charge in [-0.1, -0.05) is 0 Å². The van der Waals surface area contributed by atoms with Crippen LogP contribution in [0, 0.1) is 0 Å². The van der Waals surface area contributed by atoms with Crippen molar-refractivity contribution < 1.29 is 13.2 Å². The molecule has 0 bridgehead atoms. The van der Waals surface area contributed by atoms with Crippen LogP contribution in [0.15, 0.2) is 11.1 Å². The van der Waals surface area contributed by atoms with Crippen LogP contribution in [0.5, 0.6) is 6.01 Å². The molecule has 14 heavy (non-hydrogen) atoms. The number of hydrogen-bond acceptors (Lipinski definition) is 6. The van der Waals surface area contributed by atoms with E-state index in [2.05, 4.69) is 9.97 Å². The highest BCUT2D eigenvalue weighted by Crippen LogP contribution is 2.11. The first-order valence-corrected chi connectivity index (χ1v) is 5.68. The number of sulfone groups is 1. The fraction of sp³-hybridized carbons (Fsp3) is 0.429. The van der Waals surface area contributed by atoms with Crippen LogP contribution in [0.25, 0.3) is 0 Å². The Bertz CT molecular complexity index is 408. The van der Waals surface area contributed by atoms with Crippen molar-refractivity contribution in [2.24, 2.45) is 5.73 Å². The summed E-state index contributed by atoms with van der Waals surface area (Å²) in [5.74, 6) is 0. The molecular weight excluding hydrogens is 206 g/mol. The maximum absolute atomic E-state index is 11.2. The van der Waals surface area contributed by atoms with Gasteiger partial charge >= 0.3 is 6.01 Å². The van der Waals surface area contributed by atoms with Crippen LogP contribution in [-0.2, 0) is 16.4 Å². The summed E-state index contributed by atoms with van der Waals surface area (Å²) in [6.07, 6.45) is 1.06. The zero-order valence-corrected chi connectivity index (χ0v) is 8.71. The molecule has 0 saturated heterocycles. The van der Waals surface area contributed by atoms with Crippen LogP contribution in [0.4, 0.5) is 0 Å².